The van der Waals surface area contributed by atoms with Gasteiger partial charge in [-0.2, -0.15) is 0 Å². The molecule has 0 aromatic heterocycles. The Kier molecular flexibility index (Phi) is 4.11. The van der Waals surface area contributed by atoms with Crippen molar-refractivity contribution in [2.24, 2.45) is 0 Å². The van der Waals surface area contributed by atoms with Gasteiger partial charge in [0.15, 0.2) is 0 Å². The van der Waals surface area contributed by atoms with E-state index in [1.54, 1.807) is 24.3 Å². The third-order valence-corrected chi connectivity index (χ3v) is 2.04. The zero-order valence-electron chi connectivity index (χ0n) is 8.24. The number of hydrogen-bond acceptors (Lipinski definition) is 1. The Hall–Kier alpha value is -1.38. The summed E-state index contributed by atoms with van der Waals surface area (Å²) in [5.41, 5.74) is 0.614. The van der Waals surface area contributed by atoms with E-state index in [1.165, 1.54) is 4.90 Å². The smallest absolute Gasteiger partial charge is 0.253 e. The summed E-state index contributed by atoms with van der Waals surface area (Å²) in [5.74, 6) is -0.106. The highest BCUT2D eigenvalue weighted by Gasteiger charge is 2.12. The molecule has 0 unspecified atom stereocenters. The van der Waals surface area contributed by atoms with Gasteiger partial charge in [0.25, 0.3) is 5.91 Å². The molecule has 0 aliphatic heterocycles. The third kappa shape index (κ3) is 2.55. The van der Waals surface area contributed by atoms with Crippen LogP contribution in [-0.4, -0.2) is 30.6 Å². The van der Waals surface area contributed by atoms with Crippen LogP contribution in [0.25, 0.3) is 0 Å². The third-order valence-electron chi connectivity index (χ3n) is 2.04. The first kappa shape index (κ1) is 10.7. The predicted octanol–water partition coefficient (Wildman–Crippen LogP) is 2.12. The van der Waals surface area contributed by atoms with E-state index in [0.717, 1.165) is 0 Å². The average molecular weight is 195 g/mol. The Morgan fingerprint density at radius 2 is 2.00 bits per heavy atom. The number of carbonyl (C=O) groups is 1. The van der Waals surface area contributed by atoms with E-state index in [-0.39, 0.29) is 12.5 Å². The maximum absolute atomic E-state index is 12.1. The van der Waals surface area contributed by atoms with Crippen LogP contribution in [0.2, 0.25) is 0 Å². The molecule has 0 aliphatic carbocycles. The van der Waals surface area contributed by atoms with Crippen molar-refractivity contribution in [3.05, 3.63) is 35.9 Å². The zero-order valence-corrected chi connectivity index (χ0v) is 8.24. The Bertz CT molecular complexity index is 287. The first-order valence-electron chi connectivity index (χ1n) is 4.70. The summed E-state index contributed by atoms with van der Waals surface area (Å²) in [5, 5.41) is 0. The number of alkyl halides is 1. The highest BCUT2D eigenvalue weighted by Crippen LogP contribution is 2.04. The van der Waals surface area contributed by atoms with Crippen molar-refractivity contribution in [3.8, 4) is 0 Å². The van der Waals surface area contributed by atoms with Crippen molar-refractivity contribution < 1.29 is 9.18 Å². The van der Waals surface area contributed by atoms with Crippen LogP contribution < -0.4 is 0 Å². The summed E-state index contributed by atoms with van der Waals surface area (Å²) in [6.45, 7) is 2.06. The van der Waals surface area contributed by atoms with Crippen molar-refractivity contribution in [2.75, 3.05) is 19.8 Å². The maximum Gasteiger partial charge on any atom is 0.253 e. The van der Waals surface area contributed by atoms with Crippen LogP contribution in [0.4, 0.5) is 4.39 Å². The summed E-state index contributed by atoms with van der Waals surface area (Å²) in [7, 11) is 0. The molecule has 1 aromatic rings. The molecule has 0 heterocycles. The van der Waals surface area contributed by atoms with Crippen molar-refractivity contribution in [1.82, 2.24) is 4.90 Å². The number of hydrogen-bond donors (Lipinski definition) is 0. The average Bonchev–Trinajstić information content (AvgIpc) is 2.26. The maximum atomic E-state index is 12.1. The molecule has 1 rings (SSSR count). The van der Waals surface area contributed by atoms with E-state index in [0.29, 0.717) is 12.1 Å². The second-order valence-corrected chi connectivity index (χ2v) is 2.94. The highest BCUT2D eigenvalue weighted by atomic mass is 19.1. The summed E-state index contributed by atoms with van der Waals surface area (Å²) in [4.78, 5) is 13.2. The van der Waals surface area contributed by atoms with Crippen LogP contribution in [0.15, 0.2) is 30.3 Å². The second kappa shape index (κ2) is 5.37. The van der Waals surface area contributed by atoms with E-state index >= 15 is 0 Å². The summed E-state index contributed by atoms with van der Waals surface area (Å²) < 4.78 is 12.1. The first-order valence-corrected chi connectivity index (χ1v) is 4.70. The molecule has 1 amide bonds. The summed E-state index contributed by atoms with van der Waals surface area (Å²) in [6.07, 6.45) is 0. The Balaban J connectivity index is 2.73. The normalized spacial score (nSPS) is 9.86. The number of rotatable bonds is 4. The minimum Gasteiger partial charge on any atom is -0.336 e. The van der Waals surface area contributed by atoms with Crippen LogP contribution in [0, 0.1) is 0 Å². The molecule has 0 fully saturated rings. The lowest BCUT2D eigenvalue weighted by Gasteiger charge is -2.18. The molecule has 0 saturated carbocycles. The molecular formula is C11H14FNO. The second-order valence-electron chi connectivity index (χ2n) is 2.94. The van der Waals surface area contributed by atoms with Gasteiger partial charge < -0.3 is 4.90 Å². The molecule has 14 heavy (non-hydrogen) atoms. The Morgan fingerprint density at radius 1 is 1.36 bits per heavy atom. The highest BCUT2D eigenvalue weighted by molar-refractivity contribution is 5.94. The topological polar surface area (TPSA) is 20.3 Å². The minimum absolute atomic E-state index is 0.106. The van der Waals surface area contributed by atoms with Gasteiger partial charge in [-0.15, -0.1) is 0 Å². The van der Waals surface area contributed by atoms with E-state index in [9.17, 15) is 9.18 Å². The zero-order chi connectivity index (χ0) is 10.4. The van der Waals surface area contributed by atoms with Crippen molar-refractivity contribution in [3.63, 3.8) is 0 Å². The minimum atomic E-state index is -0.494. The van der Waals surface area contributed by atoms with E-state index < -0.39 is 6.67 Å². The number of halogens is 1. The molecule has 0 atom stereocenters. The van der Waals surface area contributed by atoms with E-state index in [4.69, 9.17) is 0 Å². The molecule has 0 radical (unpaired) electrons. The molecule has 0 N–H and O–H groups in total. The molecule has 2 nitrogen and oxygen atoms in total. The number of benzene rings is 1. The monoisotopic (exact) mass is 195 g/mol. The van der Waals surface area contributed by atoms with Gasteiger partial charge in [0.1, 0.15) is 6.67 Å². The van der Waals surface area contributed by atoms with Crippen LogP contribution in [0.5, 0.6) is 0 Å². The quantitative estimate of drug-likeness (QED) is 0.720. The van der Waals surface area contributed by atoms with Gasteiger partial charge in [-0.05, 0) is 19.1 Å². The molecular weight excluding hydrogens is 181 g/mol. The number of amides is 1. The van der Waals surface area contributed by atoms with Gasteiger partial charge in [-0.3, -0.25) is 4.79 Å². The SMILES string of the molecule is CCN(CCF)C(=O)c1ccccc1. The fourth-order valence-corrected chi connectivity index (χ4v) is 1.27. The van der Waals surface area contributed by atoms with Crippen molar-refractivity contribution in [1.29, 1.82) is 0 Å². The molecule has 3 heteroatoms. The first-order chi connectivity index (χ1) is 6.79. The van der Waals surface area contributed by atoms with Crippen molar-refractivity contribution in [2.45, 2.75) is 6.92 Å². The van der Waals surface area contributed by atoms with Gasteiger partial charge >= 0.3 is 0 Å². The largest absolute Gasteiger partial charge is 0.336 e. The van der Waals surface area contributed by atoms with Gasteiger partial charge in [-0.25, -0.2) is 4.39 Å². The van der Waals surface area contributed by atoms with Crippen LogP contribution in [-0.2, 0) is 0 Å². The number of nitrogens with zero attached hydrogens (tertiary/aromatic N) is 1. The molecule has 76 valence electrons. The lowest BCUT2D eigenvalue weighted by Crippen LogP contribution is -2.32. The lowest BCUT2D eigenvalue weighted by molar-refractivity contribution is 0.0754. The lowest BCUT2D eigenvalue weighted by atomic mass is 10.2. The predicted molar refractivity (Wildman–Crippen MR) is 54.0 cm³/mol. The van der Waals surface area contributed by atoms with E-state index in [1.807, 2.05) is 13.0 Å². The Morgan fingerprint density at radius 3 is 2.50 bits per heavy atom. The van der Waals surface area contributed by atoms with Crippen molar-refractivity contribution >= 4 is 5.91 Å². The summed E-state index contributed by atoms with van der Waals surface area (Å²) in [6, 6.07) is 8.93. The van der Waals surface area contributed by atoms with Gasteiger partial charge in [0.05, 0.1) is 0 Å². The number of carbonyl (C=O) groups excluding carboxylic acids is 1. The molecule has 0 spiro atoms. The van der Waals surface area contributed by atoms with Gasteiger partial charge in [0.2, 0.25) is 0 Å². The summed E-state index contributed by atoms with van der Waals surface area (Å²) >= 11 is 0. The van der Waals surface area contributed by atoms with Crippen LogP contribution >= 0.6 is 0 Å². The standard InChI is InChI=1S/C11H14FNO/c1-2-13(9-8-12)11(14)10-6-4-3-5-7-10/h3-7H,2,8-9H2,1H3. The van der Waals surface area contributed by atoms with E-state index in [2.05, 4.69) is 0 Å². The van der Waals surface area contributed by atoms with Gasteiger partial charge in [-0.1, -0.05) is 18.2 Å². The van der Waals surface area contributed by atoms with Crippen LogP contribution in [0.1, 0.15) is 17.3 Å². The molecule has 0 saturated heterocycles. The van der Waals surface area contributed by atoms with Gasteiger partial charge in [0, 0.05) is 18.7 Å². The Labute approximate surface area is 83.3 Å². The fourth-order valence-electron chi connectivity index (χ4n) is 1.27. The van der Waals surface area contributed by atoms with Crippen LogP contribution in [0.3, 0.4) is 0 Å². The molecule has 0 aliphatic rings. The fraction of sp³-hybridized carbons (Fsp3) is 0.364. The molecule has 1 aromatic carbocycles. The molecule has 0 bridgehead atoms.